The van der Waals surface area contributed by atoms with Crippen molar-refractivity contribution >= 4 is 10.9 Å². The molecule has 4 heteroatoms. The molecule has 0 saturated carbocycles. The molecule has 0 bridgehead atoms. The monoisotopic (exact) mass is 258 g/mol. The van der Waals surface area contributed by atoms with Crippen molar-refractivity contribution in [2.45, 2.75) is 19.4 Å². The Kier molecular flexibility index (Phi) is 3.80. The van der Waals surface area contributed by atoms with Crippen molar-refractivity contribution in [3.8, 4) is 0 Å². The molecule has 0 spiro atoms. The summed E-state index contributed by atoms with van der Waals surface area (Å²) in [5.41, 5.74) is 2.36. The molecule has 2 heterocycles. The number of likely N-dealkylation sites (tertiary alicyclic amines) is 1. The minimum Gasteiger partial charge on any atom is -0.310 e. The highest BCUT2D eigenvalue weighted by Crippen LogP contribution is 2.16. The van der Waals surface area contributed by atoms with Gasteiger partial charge in [-0.25, -0.2) is 0 Å². The number of nitrogens with one attached hydrogen (secondary N) is 1. The Morgan fingerprint density at radius 1 is 1.21 bits per heavy atom. The number of fused-ring (bicyclic) bond motifs is 1. The average molecular weight is 258 g/mol. The standard InChI is InChI=1S/C15H22N4/c1-18-15-7-3-2-6-13(15)14(17-18)12-16-8-11-19-9-4-5-10-19/h2-3,6-7,16H,4-5,8-12H2,1H3. The van der Waals surface area contributed by atoms with Crippen LogP contribution in [-0.2, 0) is 13.6 Å². The molecule has 0 unspecified atom stereocenters. The van der Waals surface area contributed by atoms with E-state index in [1.165, 1.54) is 36.8 Å². The molecule has 1 aromatic carbocycles. The van der Waals surface area contributed by atoms with Gasteiger partial charge in [-0.1, -0.05) is 18.2 Å². The van der Waals surface area contributed by atoms with Gasteiger partial charge in [-0.05, 0) is 32.0 Å². The first-order valence-electron chi connectivity index (χ1n) is 7.18. The van der Waals surface area contributed by atoms with E-state index in [1.807, 2.05) is 11.7 Å². The first-order valence-corrected chi connectivity index (χ1v) is 7.18. The SMILES string of the molecule is Cn1nc(CNCCN2CCCC2)c2ccccc21. The lowest BCUT2D eigenvalue weighted by Crippen LogP contribution is -2.29. The number of rotatable bonds is 5. The van der Waals surface area contributed by atoms with Crippen molar-refractivity contribution in [3.05, 3.63) is 30.0 Å². The number of nitrogens with zero attached hydrogens (tertiary/aromatic N) is 3. The Morgan fingerprint density at radius 3 is 2.84 bits per heavy atom. The van der Waals surface area contributed by atoms with E-state index in [9.17, 15) is 0 Å². The van der Waals surface area contributed by atoms with Crippen molar-refractivity contribution in [1.82, 2.24) is 20.0 Å². The molecule has 102 valence electrons. The molecular formula is C15H22N4. The lowest BCUT2D eigenvalue weighted by Gasteiger charge is -2.14. The van der Waals surface area contributed by atoms with E-state index in [2.05, 4.69) is 39.6 Å². The summed E-state index contributed by atoms with van der Waals surface area (Å²) < 4.78 is 1.97. The number of aromatic nitrogens is 2. The zero-order valence-corrected chi connectivity index (χ0v) is 11.6. The molecule has 1 aromatic heterocycles. The van der Waals surface area contributed by atoms with E-state index in [0.29, 0.717) is 0 Å². The summed E-state index contributed by atoms with van der Waals surface area (Å²) in [6.45, 7) is 5.60. The highest BCUT2D eigenvalue weighted by molar-refractivity contribution is 5.81. The normalized spacial score (nSPS) is 16.5. The zero-order valence-electron chi connectivity index (χ0n) is 11.6. The Bertz CT molecular complexity index is 540. The van der Waals surface area contributed by atoms with Gasteiger partial charge in [0.05, 0.1) is 11.2 Å². The molecule has 1 saturated heterocycles. The Hall–Kier alpha value is -1.39. The Morgan fingerprint density at radius 2 is 2.00 bits per heavy atom. The largest absolute Gasteiger partial charge is 0.310 e. The van der Waals surface area contributed by atoms with Crippen LogP contribution < -0.4 is 5.32 Å². The molecule has 0 atom stereocenters. The maximum absolute atomic E-state index is 4.60. The molecule has 1 fully saturated rings. The lowest BCUT2D eigenvalue weighted by atomic mass is 10.2. The van der Waals surface area contributed by atoms with Gasteiger partial charge >= 0.3 is 0 Å². The Balaban J connectivity index is 1.56. The topological polar surface area (TPSA) is 33.1 Å². The molecule has 0 aliphatic carbocycles. The summed E-state index contributed by atoms with van der Waals surface area (Å²) in [6, 6.07) is 8.42. The van der Waals surface area contributed by atoms with E-state index in [0.717, 1.165) is 25.3 Å². The van der Waals surface area contributed by atoms with Crippen LogP contribution in [0.4, 0.5) is 0 Å². The summed E-state index contributed by atoms with van der Waals surface area (Å²) in [5, 5.41) is 9.38. The second-order valence-electron chi connectivity index (χ2n) is 5.31. The van der Waals surface area contributed by atoms with Crippen LogP contribution in [0.25, 0.3) is 10.9 Å². The van der Waals surface area contributed by atoms with Crippen LogP contribution in [0, 0.1) is 0 Å². The predicted octanol–water partition coefficient (Wildman–Crippen LogP) is 1.76. The predicted molar refractivity (Wildman–Crippen MR) is 78.1 cm³/mol. The van der Waals surface area contributed by atoms with E-state index >= 15 is 0 Å². The van der Waals surface area contributed by atoms with Crippen molar-refractivity contribution in [2.75, 3.05) is 26.2 Å². The van der Waals surface area contributed by atoms with E-state index in [1.54, 1.807) is 0 Å². The quantitative estimate of drug-likeness (QED) is 0.830. The van der Waals surface area contributed by atoms with Crippen LogP contribution in [0.1, 0.15) is 18.5 Å². The van der Waals surface area contributed by atoms with Crippen LogP contribution in [-0.4, -0.2) is 40.9 Å². The summed E-state index contributed by atoms with van der Waals surface area (Å²) in [5.74, 6) is 0. The molecule has 0 radical (unpaired) electrons. The van der Waals surface area contributed by atoms with Gasteiger partial charge in [0.1, 0.15) is 0 Å². The number of hydrogen-bond acceptors (Lipinski definition) is 3. The van der Waals surface area contributed by atoms with Crippen molar-refractivity contribution in [3.63, 3.8) is 0 Å². The van der Waals surface area contributed by atoms with Gasteiger partial charge in [-0.2, -0.15) is 5.10 Å². The highest BCUT2D eigenvalue weighted by atomic mass is 15.3. The molecule has 1 N–H and O–H groups in total. The van der Waals surface area contributed by atoms with E-state index < -0.39 is 0 Å². The molecule has 4 nitrogen and oxygen atoms in total. The summed E-state index contributed by atoms with van der Waals surface area (Å²) in [7, 11) is 2.01. The third-order valence-electron chi connectivity index (χ3n) is 3.93. The van der Waals surface area contributed by atoms with Gasteiger partial charge < -0.3 is 10.2 Å². The van der Waals surface area contributed by atoms with Gasteiger partial charge in [-0.3, -0.25) is 4.68 Å². The third kappa shape index (κ3) is 2.80. The maximum atomic E-state index is 4.60. The zero-order chi connectivity index (χ0) is 13.1. The second-order valence-corrected chi connectivity index (χ2v) is 5.31. The molecule has 1 aliphatic rings. The van der Waals surface area contributed by atoms with Crippen LogP contribution in [0.5, 0.6) is 0 Å². The highest BCUT2D eigenvalue weighted by Gasteiger charge is 2.11. The minimum atomic E-state index is 0.856. The van der Waals surface area contributed by atoms with Gasteiger partial charge in [0.2, 0.25) is 0 Å². The first kappa shape index (κ1) is 12.6. The van der Waals surface area contributed by atoms with E-state index in [4.69, 9.17) is 0 Å². The number of hydrogen-bond donors (Lipinski definition) is 1. The maximum Gasteiger partial charge on any atom is 0.0841 e. The van der Waals surface area contributed by atoms with Crippen LogP contribution in [0.3, 0.4) is 0 Å². The average Bonchev–Trinajstić information content (AvgIpc) is 3.04. The van der Waals surface area contributed by atoms with Crippen LogP contribution >= 0.6 is 0 Å². The van der Waals surface area contributed by atoms with Crippen LogP contribution in [0.15, 0.2) is 24.3 Å². The van der Waals surface area contributed by atoms with Gasteiger partial charge in [0.15, 0.2) is 0 Å². The van der Waals surface area contributed by atoms with Gasteiger partial charge in [0.25, 0.3) is 0 Å². The summed E-state index contributed by atoms with van der Waals surface area (Å²) in [6.07, 6.45) is 2.73. The Labute approximate surface area is 114 Å². The second kappa shape index (κ2) is 5.72. The van der Waals surface area contributed by atoms with Crippen molar-refractivity contribution < 1.29 is 0 Å². The minimum absolute atomic E-state index is 0.856. The lowest BCUT2D eigenvalue weighted by molar-refractivity contribution is 0.335. The summed E-state index contributed by atoms with van der Waals surface area (Å²) in [4.78, 5) is 2.53. The smallest absolute Gasteiger partial charge is 0.0841 e. The third-order valence-corrected chi connectivity index (χ3v) is 3.93. The molecule has 2 aromatic rings. The van der Waals surface area contributed by atoms with Crippen molar-refractivity contribution in [2.24, 2.45) is 7.05 Å². The van der Waals surface area contributed by atoms with Gasteiger partial charge in [-0.15, -0.1) is 0 Å². The molecular weight excluding hydrogens is 236 g/mol. The van der Waals surface area contributed by atoms with Crippen molar-refractivity contribution in [1.29, 1.82) is 0 Å². The fourth-order valence-corrected chi connectivity index (χ4v) is 2.87. The van der Waals surface area contributed by atoms with Gasteiger partial charge in [0, 0.05) is 32.1 Å². The first-order chi connectivity index (χ1) is 9.34. The van der Waals surface area contributed by atoms with E-state index in [-0.39, 0.29) is 0 Å². The molecule has 3 rings (SSSR count). The van der Waals surface area contributed by atoms with Crippen LogP contribution in [0.2, 0.25) is 0 Å². The molecule has 1 aliphatic heterocycles. The molecule has 19 heavy (non-hydrogen) atoms. The number of benzene rings is 1. The number of para-hydroxylation sites is 1. The molecule has 0 amide bonds. The summed E-state index contributed by atoms with van der Waals surface area (Å²) >= 11 is 0. The number of aryl methyl sites for hydroxylation is 1. The fourth-order valence-electron chi connectivity index (χ4n) is 2.87. The fraction of sp³-hybridized carbons (Fsp3) is 0.533.